The van der Waals surface area contributed by atoms with E-state index in [9.17, 15) is 9.59 Å². The van der Waals surface area contributed by atoms with Gasteiger partial charge in [-0.3, -0.25) is 19.4 Å². The SMILES string of the molecule is O=C1[C@@H]2[C@@H](ON(c3ccccc3)[C@H]2c2cccnc2)C(=O)N1c1ccc(Br)cc1. The number of aromatic nitrogens is 1. The van der Waals surface area contributed by atoms with Crippen molar-refractivity contribution in [1.82, 2.24) is 4.98 Å². The van der Waals surface area contributed by atoms with Crippen molar-refractivity contribution >= 4 is 39.1 Å². The van der Waals surface area contributed by atoms with Gasteiger partial charge < -0.3 is 0 Å². The highest BCUT2D eigenvalue weighted by Crippen LogP contribution is 2.47. The van der Waals surface area contributed by atoms with Crippen LogP contribution in [0.5, 0.6) is 0 Å². The minimum atomic E-state index is -0.878. The molecule has 0 saturated carbocycles. The predicted molar refractivity (Wildman–Crippen MR) is 111 cm³/mol. The summed E-state index contributed by atoms with van der Waals surface area (Å²) in [6.45, 7) is 0. The summed E-state index contributed by atoms with van der Waals surface area (Å²) in [5, 5.41) is 1.67. The lowest BCUT2D eigenvalue weighted by Gasteiger charge is -2.28. The Morgan fingerprint density at radius 2 is 1.62 bits per heavy atom. The van der Waals surface area contributed by atoms with E-state index in [4.69, 9.17) is 4.84 Å². The normalized spacial score (nSPS) is 23.6. The summed E-state index contributed by atoms with van der Waals surface area (Å²) >= 11 is 3.38. The highest BCUT2D eigenvalue weighted by Gasteiger charge is 2.60. The zero-order chi connectivity index (χ0) is 20.0. The van der Waals surface area contributed by atoms with E-state index in [2.05, 4.69) is 20.9 Å². The van der Waals surface area contributed by atoms with Gasteiger partial charge in [0.1, 0.15) is 5.92 Å². The number of benzene rings is 2. The fourth-order valence-electron chi connectivity index (χ4n) is 3.95. The molecule has 2 saturated heterocycles. The molecule has 144 valence electrons. The van der Waals surface area contributed by atoms with Gasteiger partial charge in [-0.15, -0.1) is 0 Å². The van der Waals surface area contributed by atoms with Gasteiger partial charge in [0.05, 0.1) is 17.4 Å². The molecule has 3 heterocycles. The van der Waals surface area contributed by atoms with E-state index >= 15 is 0 Å². The second-order valence-electron chi connectivity index (χ2n) is 6.93. The van der Waals surface area contributed by atoms with Gasteiger partial charge >= 0.3 is 0 Å². The van der Waals surface area contributed by atoms with Crippen LogP contribution in [0, 0.1) is 5.92 Å². The van der Waals surface area contributed by atoms with E-state index in [1.807, 2.05) is 42.5 Å². The van der Waals surface area contributed by atoms with Crippen molar-refractivity contribution in [2.45, 2.75) is 12.1 Å². The topological polar surface area (TPSA) is 62.7 Å². The number of imide groups is 1. The Morgan fingerprint density at radius 3 is 2.31 bits per heavy atom. The number of amides is 2. The summed E-state index contributed by atoms with van der Waals surface area (Å²) in [4.78, 5) is 38.1. The Hall–Kier alpha value is -3.03. The molecule has 0 bridgehead atoms. The lowest BCUT2D eigenvalue weighted by atomic mass is 9.91. The van der Waals surface area contributed by atoms with Gasteiger partial charge in [-0.2, -0.15) is 0 Å². The van der Waals surface area contributed by atoms with Crippen LogP contribution in [0.1, 0.15) is 11.6 Å². The molecule has 2 aliphatic heterocycles. The third-order valence-electron chi connectivity index (χ3n) is 5.24. The molecule has 5 rings (SSSR count). The number of nitrogens with zero attached hydrogens (tertiary/aromatic N) is 3. The van der Waals surface area contributed by atoms with Crippen LogP contribution in [0.4, 0.5) is 11.4 Å². The Morgan fingerprint density at radius 1 is 0.862 bits per heavy atom. The minimum absolute atomic E-state index is 0.269. The molecule has 2 aromatic carbocycles. The van der Waals surface area contributed by atoms with Crippen LogP contribution in [0.15, 0.2) is 83.6 Å². The van der Waals surface area contributed by atoms with Gasteiger partial charge in [0.25, 0.3) is 5.91 Å². The monoisotopic (exact) mass is 449 g/mol. The third kappa shape index (κ3) is 2.94. The van der Waals surface area contributed by atoms with Gasteiger partial charge in [-0.25, -0.2) is 9.96 Å². The van der Waals surface area contributed by atoms with Gasteiger partial charge in [0.2, 0.25) is 5.91 Å². The molecule has 2 amide bonds. The Labute approximate surface area is 175 Å². The van der Waals surface area contributed by atoms with Crippen LogP contribution in [0.3, 0.4) is 0 Å². The number of fused-ring (bicyclic) bond motifs is 1. The predicted octanol–water partition coefficient (Wildman–Crippen LogP) is 3.90. The van der Waals surface area contributed by atoms with Crippen LogP contribution in [-0.2, 0) is 14.4 Å². The van der Waals surface area contributed by atoms with Crippen molar-refractivity contribution in [2.75, 3.05) is 9.96 Å². The number of hydrogen-bond donors (Lipinski definition) is 0. The van der Waals surface area contributed by atoms with Crippen molar-refractivity contribution in [3.05, 3.63) is 89.2 Å². The largest absolute Gasteiger partial charge is 0.273 e. The molecular formula is C22H16BrN3O3. The van der Waals surface area contributed by atoms with E-state index in [1.165, 1.54) is 4.90 Å². The summed E-state index contributed by atoms with van der Waals surface area (Å²) < 4.78 is 0.875. The number of pyridine rings is 1. The summed E-state index contributed by atoms with van der Waals surface area (Å²) in [6, 6.07) is 19.9. The maximum absolute atomic E-state index is 13.4. The van der Waals surface area contributed by atoms with Gasteiger partial charge in [-0.05, 0) is 48.0 Å². The Kier molecular flexibility index (Phi) is 4.41. The van der Waals surface area contributed by atoms with Crippen LogP contribution in [0.25, 0.3) is 0 Å². The number of anilines is 2. The first-order chi connectivity index (χ1) is 14.1. The number of carbonyl (C=O) groups is 2. The van der Waals surface area contributed by atoms with Crippen LogP contribution >= 0.6 is 15.9 Å². The van der Waals surface area contributed by atoms with Crippen LogP contribution in [-0.4, -0.2) is 22.9 Å². The summed E-state index contributed by atoms with van der Waals surface area (Å²) in [6.07, 6.45) is 2.52. The number of halogens is 1. The lowest BCUT2D eigenvalue weighted by Crippen LogP contribution is -2.37. The van der Waals surface area contributed by atoms with Crippen LogP contribution < -0.4 is 9.96 Å². The molecule has 7 heteroatoms. The van der Waals surface area contributed by atoms with Crippen molar-refractivity contribution in [1.29, 1.82) is 0 Å². The number of para-hydroxylation sites is 1. The van der Waals surface area contributed by atoms with E-state index in [1.54, 1.807) is 41.7 Å². The zero-order valence-corrected chi connectivity index (χ0v) is 16.8. The van der Waals surface area contributed by atoms with E-state index < -0.39 is 18.1 Å². The smallest absolute Gasteiger partial charge is 0.266 e. The molecule has 6 nitrogen and oxygen atoms in total. The summed E-state index contributed by atoms with van der Waals surface area (Å²) in [7, 11) is 0. The van der Waals surface area contributed by atoms with E-state index in [-0.39, 0.29) is 11.8 Å². The lowest BCUT2D eigenvalue weighted by molar-refractivity contribution is -0.126. The molecule has 0 radical (unpaired) electrons. The first kappa shape index (κ1) is 18.0. The molecule has 2 fully saturated rings. The van der Waals surface area contributed by atoms with Gasteiger partial charge in [0, 0.05) is 16.9 Å². The summed E-state index contributed by atoms with van der Waals surface area (Å²) in [5.41, 5.74) is 2.15. The van der Waals surface area contributed by atoms with Crippen LogP contribution in [0.2, 0.25) is 0 Å². The Balaban J connectivity index is 1.58. The average Bonchev–Trinajstić information content (AvgIpc) is 3.27. The molecule has 1 aromatic heterocycles. The van der Waals surface area contributed by atoms with E-state index in [0.717, 1.165) is 15.7 Å². The molecule has 2 aliphatic rings. The molecule has 29 heavy (non-hydrogen) atoms. The molecule has 3 atom stereocenters. The van der Waals surface area contributed by atoms with Gasteiger partial charge in [0.15, 0.2) is 6.10 Å². The standard InChI is InChI=1S/C22H16BrN3O3/c23-15-8-10-16(11-9-15)25-21(27)18-19(14-5-4-12-24-13-14)26(29-20(18)22(25)28)17-6-2-1-3-7-17/h1-13,18-20H/t18-,19-,20+/m0/s1. The molecule has 3 aromatic rings. The molecular weight excluding hydrogens is 434 g/mol. The van der Waals surface area contributed by atoms with Crippen molar-refractivity contribution in [3.8, 4) is 0 Å². The minimum Gasteiger partial charge on any atom is -0.273 e. The fourth-order valence-corrected chi connectivity index (χ4v) is 4.21. The first-order valence-electron chi connectivity index (χ1n) is 9.19. The fraction of sp³-hybridized carbons (Fsp3) is 0.136. The second kappa shape index (κ2) is 7.09. The highest BCUT2D eigenvalue weighted by molar-refractivity contribution is 9.10. The number of hydroxylamine groups is 1. The molecule has 0 unspecified atom stereocenters. The van der Waals surface area contributed by atoms with E-state index in [0.29, 0.717) is 5.69 Å². The zero-order valence-electron chi connectivity index (χ0n) is 15.2. The van der Waals surface area contributed by atoms with Gasteiger partial charge in [-0.1, -0.05) is 40.2 Å². The number of carbonyl (C=O) groups excluding carboxylic acids is 2. The second-order valence-corrected chi connectivity index (χ2v) is 7.85. The maximum atomic E-state index is 13.4. The molecule has 0 spiro atoms. The van der Waals surface area contributed by atoms with Crippen molar-refractivity contribution < 1.29 is 14.4 Å². The van der Waals surface area contributed by atoms with Crippen molar-refractivity contribution in [2.24, 2.45) is 5.92 Å². The molecule has 0 N–H and O–H groups in total. The third-order valence-corrected chi connectivity index (χ3v) is 5.77. The Bertz CT molecular complexity index is 1060. The molecule has 0 aliphatic carbocycles. The maximum Gasteiger partial charge on any atom is 0.266 e. The van der Waals surface area contributed by atoms with Crippen molar-refractivity contribution in [3.63, 3.8) is 0 Å². The number of hydrogen-bond acceptors (Lipinski definition) is 5. The summed E-state index contributed by atoms with van der Waals surface area (Å²) in [5.74, 6) is -1.28. The average molecular weight is 450 g/mol. The quantitative estimate of drug-likeness (QED) is 0.567. The number of rotatable bonds is 3. The highest BCUT2D eigenvalue weighted by atomic mass is 79.9. The first-order valence-corrected chi connectivity index (χ1v) is 9.99.